The van der Waals surface area contributed by atoms with Gasteiger partial charge >= 0.3 is 0 Å². The molecule has 2 unspecified atom stereocenters. The van der Waals surface area contributed by atoms with Crippen molar-refractivity contribution in [3.05, 3.63) is 35.4 Å². The van der Waals surface area contributed by atoms with Crippen LogP contribution in [-0.4, -0.2) is 0 Å². The maximum absolute atomic E-state index is 6.49. The fraction of sp³-hybridized carbons (Fsp3) is 0.700. The first kappa shape index (κ1) is 16.5. The van der Waals surface area contributed by atoms with Crippen molar-refractivity contribution >= 4 is 0 Å². The highest BCUT2D eigenvalue weighted by atomic mass is 14.7. The molecule has 1 aromatic carbocycles. The Morgan fingerprint density at radius 3 is 2.38 bits per heavy atom. The predicted octanol–water partition coefficient (Wildman–Crippen LogP) is 5.78. The Kier molecular flexibility index (Phi) is 7.29. The van der Waals surface area contributed by atoms with Crippen LogP contribution in [0.5, 0.6) is 0 Å². The Morgan fingerprint density at radius 1 is 0.952 bits per heavy atom. The smallest absolute Gasteiger partial charge is 0.0326 e. The van der Waals surface area contributed by atoms with Crippen LogP contribution in [0.2, 0.25) is 0 Å². The molecule has 0 aliphatic heterocycles. The summed E-state index contributed by atoms with van der Waals surface area (Å²) in [6.07, 6.45) is 15.1. The molecule has 0 heterocycles. The zero-order valence-corrected chi connectivity index (χ0v) is 13.8. The lowest BCUT2D eigenvalue weighted by Gasteiger charge is -2.31. The zero-order chi connectivity index (χ0) is 14.9. The quantitative estimate of drug-likeness (QED) is 0.572. The Balaban J connectivity index is 1.62. The van der Waals surface area contributed by atoms with E-state index >= 15 is 0 Å². The number of hydrogen-bond donors (Lipinski definition) is 1. The SMILES string of the molecule is CCCCCCCCCCC1CCc2ccccc2C1N. The van der Waals surface area contributed by atoms with Crippen molar-refractivity contribution < 1.29 is 0 Å². The maximum Gasteiger partial charge on any atom is 0.0326 e. The lowest BCUT2D eigenvalue weighted by atomic mass is 9.78. The third kappa shape index (κ3) is 5.14. The van der Waals surface area contributed by atoms with Crippen LogP contribution < -0.4 is 5.73 Å². The van der Waals surface area contributed by atoms with Crippen molar-refractivity contribution in [2.45, 2.75) is 83.6 Å². The summed E-state index contributed by atoms with van der Waals surface area (Å²) in [4.78, 5) is 0. The molecule has 21 heavy (non-hydrogen) atoms. The highest BCUT2D eigenvalue weighted by molar-refractivity contribution is 5.32. The summed E-state index contributed by atoms with van der Waals surface area (Å²) in [5.41, 5.74) is 9.38. The monoisotopic (exact) mass is 287 g/mol. The van der Waals surface area contributed by atoms with Crippen LogP contribution >= 0.6 is 0 Å². The molecule has 0 fully saturated rings. The average molecular weight is 287 g/mol. The number of benzene rings is 1. The van der Waals surface area contributed by atoms with E-state index < -0.39 is 0 Å². The van der Waals surface area contributed by atoms with Crippen molar-refractivity contribution in [3.63, 3.8) is 0 Å². The van der Waals surface area contributed by atoms with Crippen molar-refractivity contribution in [2.24, 2.45) is 11.7 Å². The van der Waals surface area contributed by atoms with Gasteiger partial charge < -0.3 is 5.73 Å². The Labute approximate surface area is 131 Å². The number of rotatable bonds is 9. The topological polar surface area (TPSA) is 26.0 Å². The summed E-state index contributed by atoms with van der Waals surface area (Å²) in [6, 6.07) is 9.04. The number of nitrogens with two attached hydrogens (primary N) is 1. The maximum atomic E-state index is 6.49. The Hall–Kier alpha value is -0.820. The molecule has 2 N–H and O–H groups in total. The van der Waals surface area contributed by atoms with Gasteiger partial charge in [0.15, 0.2) is 0 Å². The van der Waals surface area contributed by atoms with E-state index in [1.807, 2.05) is 0 Å². The largest absolute Gasteiger partial charge is 0.324 e. The van der Waals surface area contributed by atoms with Gasteiger partial charge in [0.1, 0.15) is 0 Å². The summed E-state index contributed by atoms with van der Waals surface area (Å²) in [5, 5.41) is 0. The van der Waals surface area contributed by atoms with Crippen LogP contribution in [0.4, 0.5) is 0 Å². The van der Waals surface area contributed by atoms with Gasteiger partial charge in [-0.3, -0.25) is 0 Å². The molecule has 1 aromatic rings. The molecule has 1 heteroatoms. The Morgan fingerprint density at radius 2 is 1.62 bits per heavy atom. The van der Waals surface area contributed by atoms with Crippen molar-refractivity contribution in [1.82, 2.24) is 0 Å². The molecule has 2 atom stereocenters. The third-order valence-corrected chi connectivity index (χ3v) is 5.14. The second kappa shape index (κ2) is 9.25. The van der Waals surface area contributed by atoms with E-state index in [2.05, 4.69) is 31.2 Å². The summed E-state index contributed by atoms with van der Waals surface area (Å²) < 4.78 is 0. The predicted molar refractivity (Wildman–Crippen MR) is 92.4 cm³/mol. The molecular formula is C20H33N. The van der Waals surface area contributed by atoms with E-state index in [0.29, 0.717) is 5.92 Å². The van der Waals surface area contributed by atoms with Gasteiger partial charge in [0, 0.05) is 6.04 Å². The molecule has 1 aliphatic carbocycles. The summed E-state index contributed by atoms with van der Waals surface area (Å²) >= 11 is 0. The van der Waals surface area contributed by atoms with E-state index in [4.69, 9.17) is 5.73 Å². The molecule has 0 spiro atoms. The first-order valence-corrected chi connectivity index (χ1v) is 9.16. The van der Waals surface area contributed by atoms with Gasteiger partial charge in [-0.15, -0.1) is 0 Å². The standard InChI is InChI=1S/C20H33N/c1-2-3-4-5-6-7-8-9-13-18-16-15-17-12-10-11-14-19(17)20(18)21/h10-12,14,18,20H,2-9,13,15-16,21H2,1H3. The Bertz CT molecular complexity index is 399. The molecule has 0 saturated carbocycles. The van der Waals surface area contributed by atoms with E-state index in [1.165, 1.54) is 81.8 Å². The van der Waals surface area contributed by atoms with Gasteiger partial charge in [-0.2, -0.15) is 0 Å². The van der Waals surface area contributed by atoms with Gasteiger partial charge in [0.25, 0.3) is 0 Å². The molecule has 0 amide bonds. The molecule has 2 rings (SSSR count). The van der Waals surface area contributed by atoms with Crippen LogP contribution in [0.15, 0.2) is 24.3 Å². The zero-order valence-electron chi connectivity index (χ0n) is 13.8. The fourth-order valence-corrected chi connectivity index (χ4v) is 3.73. The second-order valence-electron chi connectivity index (χ2n) is 6.79. The van der Waals surface area contributed by atoms with E-state index in [1.54, 1.807) is 0 Å². The van der Waals surface area contributed by atoms with Gasteiger partial charge in [-0.25, -0.2) is 0 Å². The van der Waals surface area contributed by atoms with Gasteiger partial charge in [-0.1, -0.05) is 82.6 Å². The molecule has 0 aromatic heterocycles. The van der Waals surface area contributed by atoms with E-state index in [-0.39, 0.29) is 6.04 Å². The van der Waals surface area contributed by atoms with E-state index in [0.717, 1.165) is 0 Å². The van der Waals surface area contributed by atoms with Crippen LogP contribution in [0, 0.1) is 5.92 Å². The first-order valence-electron chi connectivity index (χ1n) is 9.16. The second-order valence-corrected chi connectivity index (χ2v) is 6.79. The van der Waals surface area contributed by atoms with Gasteiger partial charge in [0.2, 0.25) is 0 Å². The molecule has 1 aliphatic rings. The molecule has 0 radical (unpaired) electrons. The number of aryl methyl sites for hydroxylation is 1. The molecule has 118 valence electrons. The van der Waals surface area contributed by atoms with Crippen LogP contribution in [-0.2, 0) is 6.42 Å². The van der Waals surface area contributed by atoms with Gasteiger partial charge in [-0.05, 0) is 36.3 Å². The molecule has 1 nitrogen and oxygen atoms in total. The number of unbranched alkanes of at least 4 members (excludes halogenated alkanes) is 7. The van der Waals surface area contributed by atoms with Crippen molar-refractivity contribution in [2.75, 3.05) is 0 Å². The highest BCUT2D eigenvalue weighted by Gasteiger charge is 2.25. The minimum Gasteiger partial charge on any atom is -0.324 e. The van der Waals surface area contributed by atoms with E-state index in [9.17, 15) is 0 Å². The fourth-order valence-electron chi connectivity index (χ4n) is 3.73. The first-order chi connectivity index (χ1) is 10.3. The van der Waals surface area contributed by atoms with Crippen molar-refractivity contribution in [1.29, 1.82) is 0 Å². The molecule has 0 bridgehead atoms. The van der Waals surface area contributed by atoms with Gasteiger partial charge in [0.05, 0.1) is 0 Å². The number of fused-ring (bicyclic) bond motifs is 1. The van der Waals surface area contributed by atoms with Crippen LogP contribution in [0.1, 0.15) is 88.3 Å². The lowest BCUT2D eigenvalue weighted by Crippen LogP contribution is -2.27. The third-order valence-electron chi connectivity index (χ3n) is 5.14. The van der Waals surface area contributed by atoms with Crippen molar-refractivity contribution in [3.8, 4) is 0 Å². The van der Waals surface area contributed by atoms with Crippen LogP contribution in [0.3, 0.4) is 0 Å². The average Bonchev–Trinajstić information content (AvgIpc) is 2.52. The number of hydrogen-bond acceptors (Lipinski definition) is 1. The lowest BCUT2D eigenvalue weighted by molar-refractivity contribution is 0.341. The normalized spacial score (nSPS) is 21.2. The van der Waals surface area contributed by atoms with Crippen LogP contribution in [0.25, 0.3) is 0 Å². The summed E-state index contributed by atoms with van der Waals surface area (Å²) in [7, 11) is 0. The highest BCUT2D eigenvalue weighted by Crippen LogP contribution is 2.35. The summed E-state index contributed by atoms with van der Waals surface area (Å²) in [5.74, 6) is 0.708. The minimum atomic E-state index is 0.277. The molecular weight excluding hydrogens is 254 g/mol. The minimum absolute atomic E-state index is 0.277. The molecule has 0 saturated heterocycles. The summed E-state index contributed by atoms with van der Waals surface area (Å²) in [6.45, 7) is 2.28.